The molecule has 22 heavy (non-hydrogen) atoms. The first-order valence-electron chi connectivity index (χ1n) is 6.19. The van der Waals surface area contributed by atoms with E-state index >= 15 is 0 Å². The molecule has 0 spiro atoms. The van der Waals surface area contributed by atoms with E-state index in [9.17, 15) is 13.6 Å². The van der Waals surface area contributed by atoms with Crippen LogP contribution in [0.25, 0.3) is 0 Å². The van der Waals surface area contributed by atoms with Crippen molar-refractivity contribution in [3.8, 4) is 5.75 Å². The van der Waals surface area contributed by atoms with Crippen LogP contribution in [-0.2, 0) is 0 Å². The number of alkyl halides is 2. The van der Waals surface area contributed by atoms with Gasteiger partial charge in [-0.05, 0) is 24.3 Å². The number of ether oxygens (including phenoxy) is 1. The zero-order valence-corrected chi connectivity index (χ0v) is 11.9. The molecule has 0 fully saturated rings. The maximum absolute atomic E-state index is 12.3. The predicted octanol–water partition coefficient (Wildman–Crippen LogP) is 3.71. The lowest BCUT2D eigenvalue weighted by atomic mass is 10.2. The molecular formula is C15H11ClF2N2O2. The number of rotatable bonds is 5. The maximum atomic E-state index is 12.3. The molecule has 2 aromatic rings. The fraction of sp³-hybridized carbons (Fsp3) is 0.0667. The van der Waals surface area contributed by atoms with Gasteiger partial charge in [-0.2, -0.15) is 13.9 Å². The van der Waals surface area contributed by atoms with Crippen molar-refractivity contribution in [2.45, 2.75) is 6.61 Å². The predicted molar refractivity (Wildman–Crippen MR) is 79.6 cm³/mol. The molecule has 0 heterocycles. The number of nitrogens with one attached hydrogen (secondary N) is 1. The van der Waals surface area contributed by atoms with Crippen molar-refractivity contribution in [1.29, 1.82) is 0 Å². The Morgan fingerprint density at radius 3 is 2.59 bits per heavy atom. The summed E-state index contributed by atoms with van der Waals surface area (Å²) in [6.07, 6.45) is 1.21. The van der Waals surface area contributed by atoms with E-state index in [0.717, 1.165) is 0 Å². The summed E-state index contributed by atoms with van der Waals surface area (Å²) < 4.78 is 28.9. The molecule has 0 bridgehead atoms. The number of para-hydroxylation sites is 1. The first-order valence-corrected chi connectivity index (χ1v) is 6.57. The first kappa shape index (κ1) is 15.9. The van der Waals surface area contributed by atoms with Crippen LogP contribution in [0.15, 0.2) is 53.6 Å². The quantitative estimate of drug-likeness (QED) is 0.673. The SMILES string of the molecule is O=C(N/N=C\c1ccccc1OC(F)F)c1ccccc1Cl. The Balaban J connectivity index is 2.07. The van der Waals surface area contributed by atoms with E-state index in [4.69, 9.17) is 11.6 Å². The number of hydrazone groups is 1. The molecule has 1 amide bonds. The molecule has 0 aliphatic heterocycles. The Hall–Kier alpha value is -2.47. The van der Waals surface area contributed by atoms with Gasteiger partial charge in [-0.3, -0.25) is 4.79 Å². The largest absolute Gasteiger partial charge is 0.434 e. The molecule has 0 radical (unpaired) electrons. The van der Waals surface area contributed by atoms with E-state index in [-0.39, 0.29) is 16.3 Å². The van der Waals surface area contributed by atoms with Crippen LogP contribution in [0, 0.1) is 0 Å². The van der Waals surface area contributed by atoms with Crippen LogP contribution in [0.3, 0.4) is 0 Å². The summed E-state index contributed by atoms with van der Waals surface area (Å²) in [7, 11) is 0. The second-order valence-corrected chi connectivity index (χ2v) is 4.50. The summed E-state index contributed by atoms with van der Waals surface area (Å²) in [5.41, 5.74) is 2.84. The van der Waals surface area contributed by atoms with E-state index in [2.05, 4.69) is 15.3 Å². The molecule has 0 aromatic heterocycles. The third kappa shape index (κ3) is 4.26. The van der Waals surface area contributed by atoms with E-state index in [0.29, 0.717) is 5.56 Å². The molecule has 0 saturated heterocycles. The molecule has 2 aromatic carbocycles. The molecule has 0 atom stereocenters. The zero-order chi connectivity index (χ0) is 15.9. The van der Waals surface area contributed by atoms with Gasteiger partial charge < -0.3 is 4.74 Å². The van der Waals surface area contributed by atoms with E-state index in [1.54, 1.807) is 36.4 Å². The summed E-state index contributed by atoms with van der Waals surface area (Å²) in [6.45, 7) is -2.94. The summed E-state index contributed by atoms with van der Waals surface area (Å²) in [5.74, 6) is -0.539. The van der Waals surface area contributed by atoms with E-state index in [1.807, 2.05) is 0 Å². The molecule has 2 rings (SSSR count). The monoisotopic (exact) mass is 324 g/mol. The molecule has 0 saturated carbocycles. The summed E-state index contributed by atoms with van der Waals surface area (Å²) in [4.78, 5) is 11.9. The first-order chi connectivity index (χ1) is 10.6. The van der Waals surface area contributed by atoms with Crippen LogP contribution in [-0.4, -0.2) is 18.7 Å². The van der Waals surface area contributed by atoms with E-state index in [1.165, 1.54) is 18.3 Å². The van der Waals surface area contributed by atoms with Crippen LogP contribution in [0.2, 0.25) is 5.02 Å². The van der Waals surface area contributed by atoms with Gasteiger partial charge in [-0.15, -0.1) is 0 Å². The van der Waals surface area contributed by atoms with Gasteiger partial charge in [0.2, 0.25) is 0 Å². The third-order valence-corrected chi connectivity index (χ3v) is 2.95. The van der Waals surface area contributed by atoms with Crippen LogP contribution in [0.4, 0.5) is 8.78 Å². The molecule has 0 unspecified atom stereocenters. The van der Waals surface area contributed by atoms with Crippen LogP contribution < -0.4 is 10.2 Å². The highest BCUT2D eigenvalue weighted by Crippen LogP contribution is 2.18. The van der Waals surface area contributed by atoms with Crippen molar-refractivity contribution in [3.05, 3.63) is 64.7 Å². The minimum absolute atomic E-state index is 0.0340. The van der Waals surface area contributed by atoms with Crippen molar-refractivity contribution in [3.63, 3.8) is 0 Å². The second-order valence-electron chi connectivity index (χ2n) is 4.10. The summed E-state index contributed by atoms with van der Waals surface area (Å²) in [6, 6.07) is 12.6. The van der Waals surface area contributed by atoms with Crippen LogP contribution in [0.5, 0.6) is 5.75 Å². The minimum Gasteiger partial charge on any atom is -0.434 e. The summed E-state index contributed by atoms with van der Waals surface area (Å²) in [5, 5.41) is 4.01. The van der Waals surface area contributed by atoms with Gasteiger partial charge in [-0.25, -0.2) is 5.43 Å². The molecule has 0 aliphatic carbocycles. The Kier molecular flexibility index (Phi) is 5.43. The Bertz CT molecular complexity index is 693. The maximum Gasteiger partial charge on any atom is 0.387 e. The normalized spacial score (nSPS) is 10.9. The highest BCUT2D eigenvalue weighted by molar-refractivity contribution is 6.33. The number of carbonyl (C=O) groups excluding carboxylic acids is 1. The van der Waals surface area contributed by atoms with Crippen molar-refractivity contribution in [2.24, 2.45) is 5.10 Å². The number of halogens is 3. The topological polar surface area (TPSA) is 50.7 Å². The average Bonchev–Trinajstić information content (AvgIpc) is 2.49. The lowest BCUT2D eigenvalue weighted by Crippen LogP contribution is -2.18. The molecule has 0 aliphatic rings. The van der Waals surface area contributed by atoms with Crippen molar-refractivity contribution >= 4 is 23.7 Å². The van der Waals surface area contributed by atoms with Crippen molar-refractivity contribution in [1.82, 2.24) is 5.43 Å². The molecular weight excluding hydrogens is 314 g/mol. The molecule has 7 heteroatoms. The smallest absolute Gasteiger partial charge is 0.387 e. The van der Waals surface area contributed by atoms with Gasteiger partial charge in [0.1, 0.15) is 5.75 Å². The Morgan fingerprint density at radius 2 is 1.86 bits per heavy atom. The van der Waals surface area contributed by atoms with Crippen molar-refractivity contribution in [2.75, 3.05) is 0 Å². The number of nitrogens with zero attached hydrogens (tertiary/aromatic N) is 1. The number of hydrogen-bond donors (Lipinski definition) is 1. The fourth-order valence-electron chi connectivity index (χ4n) is 1.66. The second kappa shape index (κ2) is 7.51. The lowest BCUT2D eigenvalue weighted by Gasteiger charge is -2.07. The van der Waals surface area contributed by atoms with E-state index < -0.39 is 12.5 Å². The Labute approximate surface area is 130 Å². The van der Waals surface area contributed by atoms with Crippen molar-refractivity contribution < 1.29 is 18.3 Å². The van der Waals surface area contributed by atoms with Gasteiger partial charge in [0.15, 0.2) is 0 Å². The summed E-state index contributed by atoms with van der Waals surface area (Å²) >= 11 is 5.88. The Morgan fingerprint density at radius 1 is 1.18 bits per heavy atom. The van der Waals surface area contributed by atoms with Crippen LogP contribution >= 0.6 is 11.6 Å². The highest BCUT2D eigenvalue weighted by atomic mass is 35.5. The number of hydrogen-bond acceptors (Lipinski definition) is 3. The van der Waals surface area contributed by atoms with Gasteiger partial charge in [0, 0.05) is 5.56 Å². The zero-order valence-electron chi connectivity index (χ0n) is 11.2. The lowest BCUT2D eigenvalue weighted by molar-refractivity contribution is -0.0499. The molecule has 1 N–H and O–H groups in total. The highest BCUT2D eigenvalue weighted by Gasteiger charge is 2.09. The molecule has 4 nitrogen and oxygen atoms in total. The van der Waals surface area contributed by atoms with Gasteiger partial charge in [-0.1, -0.05) is 35.9 Å². The number of benzene rings is 2. The van der Waals surface area contributed by atoms with Gasteiger partial charge >= 0.3 is 6.61 Å². The van der Waals surface area contributed by atoms with Crippen LogP contribution in [0.1, 0.15) is 15.9 Å². The standard InChI is InChI=1S/C15H11ClF2N2O2/c16-12-7-3-2-6-11(12)14(21)20-19-9-10-5-1-4-8-13(10)22-15(17)18/h1-9,15H,(H,20,21)/b19-9-. The van der Waals surface area contributed by atoms with Gasteiger partial charge in [0.25, 0.3) is 5.91 Å². The number of carbonyl (C=O) groups is 1. The fourth-order valence-corrected chi connectivity index (χ4v) is 1.88. The molecule has 114 valence electrons. The van der Waals surface area contributed by atoms with Gasteiger partial charge in [0.05, 0.1) is 16.8 Å². The number of amides is 1. The third-order valence-electron chi connectivity index (χ3n) is 2.62. The average molecular weight is 325 g/mol. The minimum atomic E-state index is -2.94.